The lowest BCUT2D eigenvalue weighted by atomic mass is 9.97. The van der Waals surface area contributed by atoms with Crippen LogP contribution in [0.2, 0.25) is 5.02 Å². The van der Waals surface area contributed by atoms with Gasteiger partial charge in [0.2, 0.25) is 0 Å². The third-order valence-corrected chi connectivity index (χ3v) is 4.43. The molecule has 1 aliphatic heterocycles. The number of pyridine rings is 1. The topological polar surface area (TPSA) is 58.4 Å². The number of amides is 1. The smallest absolute Gasteiger partial charge is 0.252 e. The average Bonchev–Trinajstić information content (AvgIpc) is 3.06. The first-order valence-electron chi connectivity index (χ1n) is 7.85. The number of rotatable bonds is 5. The SMILES string of the molecule is O=C(NC[C@@H]1CCCN(Cc2ccco2)C1)c1ccncc1Cl. The molecule has 122 valence electrons. The van der Waals surface area contributed by atoms with Crippen molar-refractivity contribution in [1.29, 1.82) is 0 Å². The molecule has 0 spiro atoms. The minimum Gasteiger partial charge on any atom is -0.468 e. The number of furan rings is 1. The summed E-state index contributed by atoms with van der Waals surface area (Å²) in [6.07, 6.45) is 7.03. The van der Waals surface area contributed by atoms with E-state index in [1.807, 2.05) is 12.1 Å². The van der Waals surface area contributed by atoms with Crippen molar-refractivity contribution in [2.45, 2.75) is 19.4 Å². The van der Waals surface area contributed by atoms with Crippen molar-refractivity contribution < 1.29 is 9.21 Å². The Morgan fingerprint density at radius 2 is 2.39 bits per heavy atom. The molecule has 6 heteroatoms. The first-order chi connectivity index (χ1) is 11.2. The second-order valence-corrected chi connectivity index (χ2v) is 6.30. The standard InChI is InChI=1S/C17H20ClN3O2/c18-16-10-19-6-5-15(16)17(22)20-9-13-3-1-7-21(11-13)12-14-4-2-8-23-14/h2,4-6,8,10,13H,1,3,7,9,11-12H2,(H,20,22)/t13-/m0/s1. The van der Waals surface area contributed by atoms with Crippen LogP contribution in [-0.2, 0) is 6.54 Å². The van der Waals surface area contributed by atoms with Gasteiger partial charge in [0, 0.05) is 25.5 Å². The molecule has 1 atom stereocenters. The Labute approximate surface area is 140 Å². The number of halogens is 1. The normalized spacial score (nSPS) is 18.7. The van der Waals surface area contributed by atoms with Crippen LogP contribution < -0.4 is 5.32 Å². The minimum atomic E-state index is -0.138. The van der Waals surface area contributed by atoms with Gasteiger partial charge in [-0.05, 0) is 43.5 Å². The second kappa shape index (κ2) is 7.62. The zero-order valence-electron chi connectivity index (χ0n) is 12.9. The zero-order chi connectivity index (χ0) is 16.1. The van der Waals surface area contributed by atoms with Crippen molar-refractivity contribution in [3.8, 4) is 0 Å². The van der Waals surface area contributed by atoms with E-state index in [4.69, 9.17) is 16.0 Å². The van der Waals surface area contributed by atoms with Gasteiger partial charge in [-0.3, -0.25) is 14.7 Å². The molecule has 0 unspecified atom stereocenters. The summed E-state index contributed by atoms with van der Waals surface area (Å²) in [7, 11) is 0. The summed E-state index contributed by atoms with van der Waals surface area (Å²) in [6.45, 7) is 3.52. The first kappa shape index (κ1) is 16.0. The highest BCUT2D eigenvalue weighted by atomic mass is 35.5. The maximum absolute atomic E-state index is 12.2. The lowest BCUT2D eigenvalue weighted by Crippen LogP contribution is -2.40. The maximum Gasteiger partial charge on any atom is 0.252 e. The van der Waals surface area contributed by atoms with E-state index in [2.05, 4.69) is 15.2 Å². The van der Waals surface area contributed by atoms with Crippen LogP contribution in [0.15, 0.2) is 41.3 Å². The molecule has 23 heavy (non-hydrogen) atoms. The molecule has 2 aromatic rings. The lowest BCUT2D eigenvalue weighted by Gasteiger charge is -2.32. The number of hydrogen-bond donors (Lipinski definition) is 1. The molecule has 1 fully saturated rings. The molecule has 5 nitrogen and oxygen atoms in total. The van der Waals surface area contributed by atoms with Crippen molar-refractivity contribution in [3.63, 3.8) is 0 Å². The molecule has 0 bridgehead atoms. The molecule has 1 saturated heterocycles. The van der Waals surface area contributed by atoms with Crippen LogP contribution in [0, 0.1) is 5.92 Å². The van der Waals surface area contributed by atoms with Gasteiger partial charge in [-0.2, -0.15) is 0 Å². The Kier molecular flexibility index (Phi) is 5.31. The molecule has 3 rings (SSSR count). The monoisotopic (exact) mass is 333 g/mol. The van der Waals surface area contributed by atoms with Gasteiger partial charge in [0.1, 0.15) is 5.76 Å². The van der Waals surface area contributed by atoms with E-state index in [0.717, 1.165) is 38.2 Å². The van der Waals surface area contributed by atoms with Crippen LogP contribution in [-0.4, -0.2) is 35.4 Å². The molecule has 0 saturated carbocycles. The number of hydrogen-bond acceptors (Lipinski definition) is 4. The summed E-state index contributed by atoms with van der Waals surface area (Å²) < 4.78 is 5.41. The highest BCUT2D eigenvalue weighted by Crippen LogP contribution is 2.19. The Balaban J connectivity index is 1.50. The van der Waals surface area contributed by atoms with Gasteiger partial charge < -0.3 is 9.73 Å². The number of likely N-dealkylation sites (tertiary alicyclic amines) is 1. The van der Waals surface area contributed by atoms with Gasteiger partial charge in [0.25, 0.3) is 5.91 Å². The lowest BCUT2D eigenvalue weighted by molar-refractivity contribution is 0.0928. The van der Waals surface area contributed by atoms with Crippen LogP contribution in [0.4, 0.5) is 0 Å². The molecule has 0 aromatic carbocycles. The average molecular weight is 334 g/mol. The van der Waals surface area contributed by atoms with E-state index in [-0.39, 0.29) is 5.91 Å². The van der Waals surface area contributed by atoms with Gasteiger partial charge in [0.05, 0.1) is 23.4 Å². The third kappa shape index (κ3) is 4.33. The molecule has 1 N–H and O–H groups in total. The number of carbonyl (C=O) groups excluding carboxylic acids is 1. The fourth-order valence-electron chi connectivity index (χ4n) is 2.98. The molecule has 0 radical (unpaired) electrons. The number of nitrogens with one attached hydrogen (secondary N) is 1. The summed E-state index contributed by atoms with van der Waals surface area (Å²) in [4.78, 5) is 18.5. The van der Waals surface area contributed by atoms with Gasteiger partial charge in [-0.15, -0.1) is 0 Å². The molecule has 3 heterocycles. The van der Waals surface area contributed by atoms with E-state index >= 15 is 0 Å². The largest absolute Gasteiger partial charge is 0.468 e. The summed E-state index contributed by atoms with van der Waals surface area (Å²) in [5, 5.41) is 3.37. The van der Waals surface area contributed by atoms with E-state index < -0.39 is 0 Å². The Bertz CT molecular complexity index is 645. The van der Waals surface area contributed by atoms with E-state index in [1.54, 1.807) is 18.5 Å². The fraction of sp³-hybridized carbons (Fsp3) is 0.412. The van der Waals surface area contributed by atoms with Crippen molar-refractivity contribution in [1.82, 2.24) is 15.2 Å². The Morgan fingerprint density at radius 1 is 1.48 bits per heavy atom. The van der Waals surface area contributed by atoms with Crippen LogP contribution in [0.3, 0.4) is 0 Å². The predicted octanol–water partition coefficient (Wildman–Crippen LogP) is 2.97. The highest BCUT2D eigenvalue weighted by molar-refractivity contribution is 6.33. The number of carbonyl (C=O) groups is 1. The summed E-state index contributed by atoms with van der Waals surface area (Å²) in [5.41, 5.74) is 0.477. The molecule has 2 aromatic heterocycles. The minimum absolute atomic E-state index is 0.138. The molecule has 1 aliphatic rings. The van der Waals surface area contributed by atoms with Crippen molar-refractivity contribution in [2.24, 2.45) is 5.92 Å². The van der Waals surface area contributed by atoms with Crippen LogP contribution in [0.1, 0.15) is 29.0 Å². The van der Waals surface area contributed by atoms with Crippen molar-refractivity contribution >= 4 is 17.5 Å². The third-order valence-electron chi connectivity index (χ3n) is 4.13. The van der Waals surface area contributed by atoms with E-state index in [1.165, 1.54) is 6.20 Å². The summed E-state index contributed by atoms with van der Waals surface area (Å²) in [6, 6.07) is 5.55. The van der Waals surface area contributed by atoms with Gasteiger partial charge >= 0.3 is 0 Å². The van der Waals surface area contributed by atoms with Crippen LogP contribution in [0.25, 0.3) is 0 Å². The second-order valence-electron chi connectivity index (χ2n) is 5.89. The first-order valence-corrected chi connectivity index (χ1v) is 8.22. The van der Waals surface area contributed by atoms with Crippen LogP contribution in [0.5, 0.6) is 0 Å². The van der Waals surface area contributed by atoms with Crippen molar-refractivity contribution in [3.05, 3.63) is 53.2 Å². The summed E-state index contributed by atoms with van der Waals surface area (Å²) >= 11 is 6.00. The predicted molar refractivity (Wildman–Crippen MR) is 88.3 cm³/mol. The Hall–Kier alpha value is -1.85. The molecule has 0 aliphatic carbocycles. The van der Waals surface area contributed by atoms with Gasteiger partial charge in [-0.25, -0.2) is 0 Å². The quantitative estimate of drug-likeness (QED) is 0.914. The number of piperidine rings is 1. The van der Waals surface area contributed by atoms with E-state index in [0.29, 0.717) is 23.0 Å². The number of nitrogens with zero attached hydrogens (tertiary/aromatic N) is 2. The maximum atomic E-state index is 12.2. The number of aromatic nitrogens is 1. The van der Waals surface area contributed by atoms with E-state index in [9.17, 15) is 4.79 Å². The molecule has 1 amide bonds. The summed E-state index contributed by atoms with van der Waals surface area (Å²) in [5.74, 6) is 1.29. The van der Waals surface area contributed by atoms with Gasteiger partial charge in [-0.1, -0.05) is 11.6 Å². The Morgan fingerprint density at radius 3 is 3.17 bits per heavy atom. The molecular formula is C17H20ClN3O2. The van der Waals surface area contributed by atoms with Crippen molar-refractivity contribution in [2.75, 3.05) is 19.6 Å². The van der Waals surface area contributed by atoms with Crippen LogP contribution >= 0.6 is 11.6 Å². The molecular weight excluding hydrogens is 314 g/mol. The highest BCUT2D eigenvalue weighted by Gasteiger charge is 2.21. The fourth-order valence-corrected chi connectivity index (χ4v) is 3.18. The zero-order valence-corrected chi connectivity index (χ0v) is 13.6. The van der Waals surface area contributed by atoms with Gasteiger partial charge in [0.15, 0.2) is 0 Å².